The molecule has 2 heterocycles. The third-order valence-electron chi connectivity index (χ3n) is 2.97. The Balaban J connectivity index is 2.03. The summed E-state index contributed by atoms with van der Waals surface area (Å²) in [6, 6.07) is 2.93. The largest absolute Gasteiger partial charge is 0.384 e. The van der Waals surface area contributed by atoms with Gasteiger partial charge < -0.3 is 20.4 Å². The molecular weight excluding hydrogens is 272 g/mol. The van der Waals surface area contributed by atoms with Crippen LogP contribution in [-0.2, 0) is 11.3 Å². The molecule has 0 aliphatic carbocycles. The number of nitrogens with two attached hydrogens (primary N) is 1. The Bertz CT molecular complexity index is 595. The fourth-order valence-electron chi connectivity index (χ4n) is 1.85. The Morgan fingerprint density at radius 3 is 3.00 bits per heavy atom. The fourth-order valence-corrected chi connectivity index (χ4v) is 1.85. The number of nitrogens with one attached hydrogen (secondary N) is 1. The molecule has 0 fully saturated rings. The minimum atomic E-state index is -0.283. The predicted molar refractivity (Wildman–Crippen MR) is 76.4 cm³/mol. The van der Waals surface area contributed by atoms with E-state index in [1.165, 1.54) is 6.20 Å². The van der Waals surface area contributed by atoms with Gasteiger partial charge in [-0.2, -0.15) is 0 Å². The van der Waals surface area contributed by atoms with Crippen molar-refractivity contribution >= 4 is 11.7 Å². The van der Waals surface area contributed by atoms with E-state index in [2.05, 4.69) is 20.5 Å². The van der Waals surface area contributed by atoms with E-state index in [-0.39, 0.29) is 11.9 Å². The van der Waals surface area contributed by atoms with Crippen molar-refractivity contribution in [1.82, 2.24) is 25.1 Å². The molecule has 21 heavy (non-hydrogen) atoms. The first kappa shape index (κ1) is 14.9. The molecule has 0 saturated heterocycles. The van der Waals surface area contributed by atoms with E-state index in [0.29, 0.717) is 30.4 Å². The first-order valence-corrected chi connectivity index (χ1v) is 6.51. The number of anilines is 1. The van der Waals surface area contributed by atoms with Gasteiger partial charge in [0.1, 0.15) is 12.1 Å². The Morgan fingerprint density at radius 1 is 1.52 bits per heavy atom. The summed E-state index contributed by atoms with van der Waals surface area (Å²) in [6.07, 6.45) is 3.05. The minimum absolute atomic E-state index is 0.240. The van der Waals surface area contributed by atoms with Gasteiger partial charge in [0, 0.05) is 19.9 Å². The summed E-state index contributed by atoms with van der Waals surface area (Å²) in [7, 11) is 1.63. The number of amides is 1. The molecule has 8 heteroatoms. The zero-order chi connectivity index (χ0) is 15.2. The molecule has 0 saturated carbocycles. The average molecular weight is 290 g/mol. The van der Waals surface area contributed by atoms with Gasteiger partial charge in [0.25, 0.3) is 5.91 Å². The molecule has 0 radical (unpaired) electrons. The molecule has 0 aliphatic rings. The van der Waals surface area contributed by atoms with Gasteiger partial charge in [-0.25, -0.2) is 4.98 Å². The number of pyridine rings is 1. The number of rotatable bonds is 6. The van der Waals surface area contributed by atoms with Crippen LogP contribution in [0.15, 0.2) is 24.7 Å². The molecule has 0 unspecified atom stereocenters. The molecule has 2 aromatic rings. The summed E-state index contributed by atoms with van der Waals surface area (Å²) < 4.78 is 6.87. The van der Waals surface area contributed by atoms with Crippen molar-refractivity contribution < 1.29 is 9.53 Å². The number of nitrogen functional groups attached to an aromatic ring is 1. The molecule has 2 rings (SSSR count). The van der Waals surface area contributed by atoms with Gasteiger partial charge in [-0.05, 0) is 19.1 Å². The molecule has 2 aromatic heterocycles. The highest BCUT2D eigenvalue weighted by Crippen LogP contribution is 2.10. The molecule has 0 aromatic carbocycles. The molecule has 0 aliphatic heterocycles. The number of carbonyl (C=O) groups excluding carboxylic acids is 1. The van der Waals surface area contributed by atoms with Crippen LogP contribution < -0.4 is 11.1 Å². The smallest absolute Gasteiger partial charge is 0.253 e. The first-order chi connectivity index (χ1) is 10.1. The van der Waals surface area contributed by atoms with Crippen molar-refractivity contribution in [3.05, 3.63) is 36.0 Å². The van der Waals surface area contributed by atoms with E-state index >= 15 is 0 Å². The highest BCUT2D eigenvalue weighted by molar-refractivity contribution is 5.94. The lowest BCUT2D eigenvalue weighted by Gasteiger charge is -2.14. The van der Waals surface area contributed by atoms with E-state index in [4.69, 9.17) is 10.5 Å². The molecule has 0 spiro atoms. The molecule has 1 atom stereocenters. The highest BCUT2D eigenvalue weighted by atomic mass is 16.5. The van der Waals surface area contributed by atoms with Crippen molar-refractivity contribution in [1.29, 1.82) is 0 Å². The van der Waals surface area contributed by atoms with Gasteiger partial charge in [-0.15, -0.1) is 10.2 Å². The van der Waals surface area contributed by atoms with Gasteiger partial charge in [0.2, 0.25) is 0 Å². The van der Waals surface area contributed by atoms with Crippen molar-refractivity contribution in [2.45, 2.75) is 19.5 Å². The normalized spacial score (nSPS) is 12.1. The first-order valence-electron chi connectivity index (χ1n) is 6.51. The van der Waals surface area contributed by atoms with Crippen LogP contribution in [-0.4, -0.2) is 39.4 Å². The minimum Gasteiger partial charge on any atom is -0.384 e. The second-order valence-electron chi connectivity index (χ2n) is 4.54. The van der Waals surface area contributed by atoms with Gasteiger partial charge in [-0.3, -0.25) is 4.79 Å². The van der Waals surface area contributed by atoms with Crippen LogP contribution in [0.3, 0.4) is 0 Å². The third kappa shape index (κ3) is 3.76. The number of ether oxygens (including phenoxy) is 1. The molecule has 8 nitrogen and oxygen atoms in total. The summed E-state index contributed by atoms with van der Waals surface area (Å²) >= 11 is 0. The topological polar surface area (TPSA) is 108 Å². The van der Waals surface area contributed by atoms with Crippen LogP contribution in [0.2, 0.25) is 0 Å². The summed E-state index contributed by atoms with van der Waals surface area (Å²) in [4.78, 5) is 16.0. The van der Waals surface area contributed by atoms with Crippen LogP contribution in [0.1, 0.15) is 29.1 Å². The summed E-state index contributed by atoms with van der Waals surface area (Å²) in [5, 5.41) is 10.8. The second kappa shape index (κ2) is 6.80. The van der Waals surface area contributed by atoms with Crippen LogP contribution in [0.4, 0.5) is 5.82 Å². The standard InChI is InChI=1S/C13H18N6O2/c1-9(12-18-16-8-19(12)5-6-21-2)17-13(20)10-3-4-11(14)15-7-10/h3-4,7-9H,5-6H2,1-2H3,(H2,14,15)(H,17,20)/t9-/m1/s1. The maximum Gasteiger partial charge on any atom is 0.253 e. The van der Waals surface area contributed by atoms with Crippen LogP contribution >= 0.6 is 0 Å². The quantitative estimate of drug-likeness (QED) is 0.797. The summed E-state index contributed by atoms with van der Waals surface area (Å²) in [5.41, 5.74) is 5.94. The van der Waals surface area contributed by atoms with E-state index in [1.807, 2.05) is 11.5 Å². The van der Waals surface area contributed by atoms with Gasteiger partial charge in [0.05, 0.1) is 18.2 Å². The zero-order valence-electron chi connectivity index (χ0n) is 12.0. The Kier molecular flexibility index (Phi) is 4.83. The SMILES string of the molecule is COCCn1cnnc1[C@@H](C)NC(=O)c1ccc(N)nc1. The summed E-state index contributed by atoms with van der Waals surface area (Å²) in [6.45, 7) is 3.02. The molecule has 0 bridgehead atoms. The molecule has 112 valence electrons. The average Bonchev–Trinajstić information content (AvgIpc) is 2.94. The molecule has 3 N–H and O–H groups in total. The van der Waals surface area contributed by atoms with Gasteiger partial charge >= 0.3 is 0 Å². The molecule has 1 amide bonds. The lowest BCUT2D eigenvalue weighted by Crippen LogP contribution is -2.29. The van der Waals surface area contributed by atoms with Crippen LogP contribution in [0, 0.1) is 0 Å². The highest BCUT2D eigenvalue weighted by Gasteiger charge is 2.16. The number of methoxy groups -OCH3 is 1. The van der Waals surface area contributed by atoms with E-state index in [0.717, 1.165) is 0 Å². The Labute approximate surface area is 122 Å². The van der Waals surface area contributed by atoms with Crippen LogP contribution in [0.25, 0.3) is 0 Å². The van der Waals surface area contributed by atoms with Crippen molar-refractivity contribution in [2.75, 3.05) is 19.5 Å². The fraction of sp³-hybridized carbons (Fsp3) is 0.385. The Hall–Kier alpha value is -2.48. The maximum atomic E-state index is 12.1. The third-order valence-corrected chi connectivity index (χ3v) is 2.97. The Morgan fingerprint density at radius 2 is 2.33 bits per heavy atom. The van der Waals surface area contributed by atoms with E-state index < -0.39 is 0 Å². The maximum absolute atomic E-state index is 12.1. The van der Waals surface area contributed by atoms with E-state index in [1.54, 1.807) is 25.6 Å². The molecular formula is C13H18N6O2. The van der Waals surface area contributed by atoms with Gasteiger partial charge in [0.15, 0.2) is 5.82 Å². The van der Waals surface area contributed by atoms with Crippen molar-refractivity contribution in [2.24, 2.45) is 0 Å². The number of hydrogen-bond acceptors (Lipinski definition) is 6. The number of hydrogen-bond donors (Lipinski definition) is 2. The second-order valence-corrected chi connectivity index (χ2v) is 4.54. The lowest BCUT2D eigenvalue weighted by molar-refractivity contribution is 0.0937. The van der Waals surface area contributed by atoms with Crippen molar-refractivity contribution in [3.8, 4) is 0 Å². The lowest BCUT2D eigenvalue weighted by atomic mass is 10.2. The zero-order valence-corrected chi connectivity index (χ0v) is 12.0. The van der Waals surface area contributed by atoms with E-state index in [9.17, 15) is 4.79 Å². The van der Waals surface area contributed by atoms with Gasteiger partial charge in [-0.1, -0.05) is 0 Å². The predicted octanol–water partition coefficient (Wildman–Crippen LogP) is 0.393. The van der Waals surface area contributed by atoms with Crippen molar-refractivity contribution in [3.63, 3.8) is 0 Å². The monoisotopic (exact) mass is 290 g/mol. The number of nitrogens with zero attached hydrogens (tertiary/aromatic N) is 4. The number of aromatic nitrogens is 4. The number of carbonyl (C=O) groups is 1. The summed E-state index contributed by atoms with van der Waals surface area (Å²) in [5.74, 6) is 0.805. The van der Waals surface area contributed by atoms with Crippen LogP contribution in [0.5, 0.6) is 0 Å².